The molecule has 1 aliphatic carbocycles. The molecule has 1 aromatic carbocycles. The third-order valence-corrected chi connectivity index (χ3v) is 4.02. The Morgan fingerprint density at radius 1 is 1.35 bits per heavy atom. The Balaban J connectivity index is 2.13. The van der Waals surface area contributed by atoms with E-state index >= 15 is 0 Å². The van der Waals surface area contributed by atoms with Gasteiger partial charge < -0.3 is 10.5 Å². The van der Waals surface area contributed by atoms with Gasteiger partial charge in [-0.25, -0.2) is 0 Å². The minimum atomic E-state index is -0.816. The fourth-order valence-electron chi connectivity index (χ4n) is 2.23. The van der Waals surface area contributed by atoms with Crippen LogP contribution >= 0.6 is 0 Å². The maximum atomic E-state index is 11.7. The summed E-state index contributed by atoms with van der Waals surface area (Å²) >= 11 is 0. The van der Waals surface area contributed by atoms with Crippen LogP contribution in [-0.4, -0.2) is 24.1 Å². The number of aryl methyl sites for hydroxylation is 2. The first-order chi connectivity index (χ1) is 9.33. The summed E-state index contributed by atoms with van der Waals surface area (Å²) in [5.41, 5.74) is 8.09. The lowest BCUT2D eigenvalue weighted by Gasteiger charge is -2.28. The minimum absolute atomic E-state index is 0.254. The molecule has 1 amide bonds. The Kier molecular flexibility index (Phi) is 4.04. The molecule has 0 aromatic heterocycles. The summed E-state index contributed by atoms with van der Waals surface area (Å²) in [6.07, 6.45) is 2.21. The van der Waals surface area contributed by atoms with Crippen LogP contribution in [0.5, 0.6) is 5.75 Å². The van der Waals surface area contributed by atoms with Gasteiger partial charge in [-0.2, -0.15) is 0 Å². The van der Waals surface area contributed by atoms with Gasteiger partial charge in [0.2, 0.25) is 5.91 Å². The lowest BCUT2D eigenvalue weighted by molar-refractivity contribution is -0.125. The van der Waals surface area contributed by atoms with Crippen molar-refractivity contribution in [2.24, 2.45) is 5.73 Å². The van der Waals surface area contributed by atoms with Gasteiger partial charge >= 0.3 is 0 Å². The maximum absolute atomic E-state index is 11.7. The first-order valence-electron chi connectivity index (χ1n) is 7.11. The normalized spacial score (nSPS) is 17.6. The number of ether oxygens (including phenoxy) is 1. The van der Waals surface area contributed by atoms with Gasteiger partial charge in [0.05, 0.1) is 0 Å². The summed E-state index contributed by atoms with van der Waals surface area (Å²) in [5, 5.41) is 3.29. The number of hydrogen-bond donors (Lipinski definition) is 2. The second-order valence-electron chi connectivity index (χ2n) is 6.06. The van der Waals surface area contributed by atoms with E-state index in [-0.39, 0.29) is 12.5 Å². The predicted octanol–water partition coefficient (Wildman–Crippen LogP) is 1.99. The molecule has 1 aromatic rings. The van der Waals surface area contributed by atoms with Gasteiger partial charge in [-0.05, 0) is 57.2 Å². The van der Waals surface area contributed by atoms with Gasteiger partial charge in [0, 0.05) is 6.04 Å². The number of primary amides is 1. The van der Waals surface area contributed by atoms with Crippen molar-refractivity contribution in [1.29, 1.82) is 0 Å². The molecular formula is C16H24N2O2. The number of carbonyl (C=O) groups is 1. The average Bonchev–Trinajstić information content (AvgIpc) is 3.17. The number of carbonyl (C=O) groups excluding carboxylic acids is 1. The van der Waals surface area contributed by atoms with E-state index < -0.39 is 5.54 Å². The highest BCUT2D eigenvalue weighted by Gasteiger charge is 2.38. The highest BCUT2D eigenvalue weighted by atomic mass is 16.5. The van der Waals surface area contributed by atoms with E-state index in [9.17, 15) is 4.79 Å². The molecule has 1 aliphatic rings. The molecule has 0 aliphatic heterocycles. The predicted molar refractivity (Wildman–Crippen MR) is 79.9 cm³/mol. The standard InChI is InChI=1S/C16H24N2O2/c1-10-5-6-11(2)14(12(10)3)20-9-16(4,15(17)19)18-13-7-8-13/h5-6,13,18H,7-9H2,1-4H3,(H2,17,19). The van der Waals surface area contributed by atoms with Crippen LogP contribution < -0.4 is 15.8 Å². The molecule has 4 nitrogen and oxygen atoms in total. The van der Waals surface area contributed by atoms with Crippen LogP contribution in [0.4, 0.5) is 0 Å². The fourth-order valence-corrected chi connectivity index (χ4v) is 2.23. The lowest BCUT2D eigenvalue weighted by atomic mass is 10.0. The zero-order chi connectivity index (χ0) is 14.9. The van der Waals surface area contributed by atoms with Crippen molar-refractivity contribution in [2.45, 2.75) is 52.1 Å². The Morgan fingerprint density at radius 3 is 2.50 bits per heavy atom. The molecule has 1 unspecified atom stereocenters. The topological polar surface area (TPSA) is 64.3 Å². The summed E-state index contributed by atoms with van der Waals surface area (Å²) in [6.45, 7) is 8.17. The Bertz CT molecular complexity index is 523. The molecule has 1 saturated carbocycles. The average molecular weight is 276 g/mol. The molecule has 20 heavy (non-hydrogen) atoms. The van der Waals surface area contributed by atoms with E-state index in [1.54, 1.807) is 0 Å². The molecule has 4 heteroatoms. The summed E-state index contributed by atoms with van der Waals surface area (Å²) in [5.74, 6) is 0.488. The van der Waals surface area contributed by atoms with Crippen molar-refractivity contribution in [1.82, 2.24) is 5.32 Å². The molecule has 0 spiro atoms. The smallest absolute Gasteiger partial charge is 0.240 e. The van der Waals surface area contributed by atoms with E-state index in [1.807, 2.05) is 26.8 Å². The van der Waals surface area contributed by atoms with Gasteiger partial charge in [-0.1, -0.05) is 12.1 Å². The van der Waals surface area contributed by atoms with Crippen LogP contribution in [0.25, 0.3) is 0 Å². The van der Waals surface area contributed by atoms with Crippen molar-refractivity contribution in [2.75, 3.05) is 6.61 Å². The van der Waals surface area contributed by atoms with Gasteiger partial charge in [0.15, 0.2) is 0 Å². The third kappa shape index (κ3) is 3.12. The molecule has 2 rings (SSSR count). The van der Waals surface area contributed by atoms with Gasteiger partial charge in [0.1, 0.15) is 17.9 Å². The second-order valence-corrected chi connectivity index (χ2v) is 6.06. The van der Waals surface area contributed by atoms with Crippen LogP contribution in [0, 0.1) is 20.8 Å². The second kappa shape index (κ2) is 5.44. The molecule has 1 fully saturated rings. The van der Waals surface area contributed by atoms with Gasteiger partial charge in [0.25, 0.3) is 0 Å². The maximum Gasteiger partial charge on any atom is 0.240 e. The van der Waals surface area contributed by atoms with Crippen LogP contribution in [0.1, 0.15) is 36.5 Å². The number of benzene rings is 1. The third-order valence-electron chi connectivity index (χ3n) is 4.02. The van der Waals surface area contributed by atoms with Crippen molar-refractivity contribution in [3.63, 3.8) is 0 Å². The van der Waals surface area contributed by atoms with Crippen molar-refractivity contribution in [3.8, 4) is 5.75 Å². The summed E-state index contributed by atoms with van der Waals surface area (Å²) in [4.78, 5) is 11.7. The fraction of sp³-hybridized carbons (Fsp3) is 0.562. The van der Waals surface area contributed by atoms with E-state index in [0.717, 1.165) is 29.7 Å². The Morgan fingerprint density at radius 2 is 1.95 bits per heavy atom. The van der Waals surface area contributed by atoms with E-state index in [4.69, 9.17) is 10.5 Å². The van der Waals surface area contributed by atoms with E-state index in [2.05, 4.69) is 18.3 Å². The summed E-state index contributed by atoms with van der Waals surface area (Å²) in [7, 11) is 0. The number of amides is 1. The lowest BCUT2D eigenvalue weighted by Crippen LogP contribution is -2.57. The minimum Gasteiger partial charge on any atom is -0.491 e. The zero-order valence-electron chi connectivity index (χ0n) is 12.7. The summed E-state index contributed by atoms with van der Waals surface area (Å²) < 4.78 is 5.94. The van der Waals surface area contributed by atoms with E-state index in [0.29, 0.717) is 6.04 Å². The summed E-state index contributed by atoms with van der Waals surface area (Å²) in [6, 6.07) is 4.51. The first-order valence-corrected chi connectivity index (χ1v) is 7.11. The van der Waals surface area contributed by atoms with Crippen molar-refractivity contribution >= 4 is 5.91 Å². The van der Waals surface area contributed by atoms with Crippen molar-refractivity contribution < 1.29 is 9.53 Å². The molecule has 110 valence electrons. The van der Waals surface area contributed by atoms with Crippen molar-refractivity contribution in [3.05, 3.63) is 28.8 Å². The highest BCUT2D eigenvalue weighted by molar-refractivity contribution is 5.84. The largest absolute Gasteiger partial charge is 0.491 e. The molecular weight excluding hydrogens is 252 g/mol. The molecule has 0 bridgehead atoms. The van der Waals surface area contributed by atoms with Crippen LogP contribution in [-0.2, 0) is 4.79 Å². The monoisotopic (exact) mass is 276 g/mol. The SMILES string of the molecule is Cc1ccc(C)c(OCC(C)(NC2CC2)C(N)=O)c1C. The molecule has 0 radical (unpaired) electrons. The first kappa shape index (κ1) is 14.9. The number of rotatable bonds is 6. The number of nitrogens with one attached hydrogen (secondary N) is 1. The van der Waals surface area contributed by atoms with Crippen LogP contribution in [0.2, 0.25) is 0 Å². The van der Waals surface area contributed by atoms with Gasteiger partial charge in [-0.15, -0.1) is 0 Å². The number of nitrogens with two attached hydrogens (primary N) is 1. The van der Waals surface area contributed by atoms with Crippen LogP contribution in [0.15, 0.2) is 12.1 Å². The molecule has 3 N–H and O–H groups in total. The van der Waals surface area contributed by atoms with E-state index in [1.165, 1.54) is 5.56 Å². The number of hydrogen-bond acceptors (Lipinski definition) is 3. The van der Waals surface area contributed by atoms with Crippen LogP contribution in [0.3, 0.4) is 0 Å². The molecule has 0 heterocycles. The quantitative estimate of drug-likeness (QED) is 0.835. The Hall–Kier alpha value is -1.55. The molecule has 0 saturated heterocycles. The highest BCUT2D eigenvalue weighted by Crippen LogP contribution is 2.27. The van der Waals surface area contributed by atoms with Gasteiger partial charge in [-0.3, -0.25) is 10.1 Å². The molecule has 1 atom stereocenters. The Labute approximate surface area is 120 Å². The zero-order valence-corrected chi connectivity index (χ0v) is 12.7.